The number of alkyl halides is 7. The van der Waals surface area contributed by atoms with E-state index in [2.05, 4.69) is 0 Å². The Labute approximate surface area is 529 Å². The Balaban J connectivity index is 0.000000610. The van der Waals surface area contributed by atoms with Crippen LogP contribution in [-0.4, -0.2) is 47.5 Å². The molecule has 536 valence electrons. The second-order valence-corrected chi connectivity index (χ2v) is 34.8. The third kappa shape index (κ3) is 29.8. The van der Waals surface area contributed by atoms with Gasteiger partial charge in [-0.25, -0.2) is 22.0 Å². The van der Waals surface area contributed by atoms with E-state index in [1.165, 1.54) is 52.0 Å². The molecule has 0 aliphatic carbocycles. The molecular formula is C55H72F28S8. The van der Waals surface area contributed by atoms with Crippen LogP contribution in [0.2, 0.25) is 0 Å². The minimum atomic E-state index is -10.2. The van der Waals surface area contributed by atoms with Gasteiger partial charge in [-0.2, -0.15) is 13.2 Å². The van der Waals surface area contributed by atoms with Gasteiger partial charge in [-0.15, -0.1) is 35.3 Å². The van der Waals surface area contributed by atoms with Crippen molar-refractivity contribution in [2.75, 3.05) is 17.3 Å². The van der Waals surface area contributed by atoms with Crippen LogP contribution >= 0.6 is 87.9 Å². The maximum Gasteiger partial charge on any atom is 0.446 e. The van der Waals surface area contributed by atoms with Crippen LogP contribution in [-0.2, 0) is 19.3 Å². The lowest BCUT2D eigenvalue weighted by atomic mass is 9.97. The quantitative estimate of drug-likeness (QED) is 0.0454. The molecule has 4 atom stereocenters. The second kappa shape index (κ2) is 28.1. The first-order valence-corrected chi connectivity index (χ1v) is 38.7. The molecule has 0 radical (unpaired) electrons. The minimum absolute atomic E-state index is 0.0454. The van der Waals surface area contributed by atoms with E-state index in [1.807, 2.05) is 0 Å². The third-order valence-corrected chi connectivity index (χ3v) is 22.7. The largest absolute Gasteiger partial charge is 0.446 e. The Morgan fingerprint density at radius 1 is 0.440 bits per heavy atom. The Hall–Kier alpha value is -2.54. The van der Waals surface area contributed by atoms with Gasteiger partial charge in [-0.05, 0) is 199 Å². The molecule has 0 N–H and O–H groups in total. The van der Waals surface area contributed by atoms with Crippen molar-refractivity contribution in [1.29, 1.82) is 0 Å². The number of benzene rings is 4. The molecule has 0 amide bonds. The van der Waals surface area contributed by atoms with Crippen LogP contribution in [0, 0.1) is 34.6 Å². The van der Waals surface area contributed by atoms with Crippen LogP contribution in [0.4, 0.5) is 113 Å². The molecule has 0 saturated carbocycles. The number of hydrogen-bond donors (Lipinski definition) is 0. The van der Waals surface area contributed by atoms with Crippen LogP contribution in [0.3, 0.4) is 0 Å². The van der Waals surface area contributed by atoms with Crippen molar-refractivity contribution in [3.63, 3.8) is 0 Å². The standard InChI is InChI=1S/C17H25F7S.C15H21F7S3.C14H18F6S2.C9H8F8S2/c1-4-16(19)11-10-15-9-8-14(7-5-6-12(2)18)13(3)17(15)25(20,21,22,23)24;1-4-11(16)8-23-13-6-7-14(24-9-12(17)5-2)15(10(13)3)25(18,19,20,21)22;1-4-21-13-9-8-12(7-5-6-10(2)15)11(3)14(13)22(16,17,18,19)20;1-5-3-4-7(18-9(10,11)12)8(6(5)2)19(13,14,15,16)17/h8-9,12,16H,4-7,10-11H2,1-3H3;6-7,11-12H,4-5,8-9H2,1-3H3;6,8-9H,4-5,7H2,1-3H3;3-4H,1-2H3/b;;10-6-;. The molecule has 0 aromatic heterocycles. The van der Waals surface area contributed by atoms with Crippen molar-refractivity contribution < 1.29 is 113 Å². The first-order chi connectivity index (χ1) is 40.1. The molecular weight excluding hydrogens is 1450 g/mol. The molecule has 36 heteroatoms. The van der Waals surface area contributed by atoms with Gasteiger partial charge in [0.05, 0.1) is 12.0 Å². The molecule has 0 fully saturated rings. The van der Waals surface area contributed by atoms with E-state index in [4.69, 9.17) is 0 Å². The van der Waals surface area contributed by atoms with Gasteiger partial charge in [0.15, 0.2) is 0 Å². The summed E-state index contributed by atoms with van der Waals surface area (Å²) in [5.74, 6) is -0.662. The normalized spacial score (nSPS) is 17.2. The molecule has 4 aromatic rings. The van der Waals surface area contributed by atoms with Crippen LogP contribution in [0.15, 0.2) is 99.6 Å². The Morgan fingerprint density at radius 2 is 0.813 bits per heavy atom. The average molecular weight is 1520 g/mol. The number of rotatable bonds is 26. The van der Waals surface area contributed by atoms with E-state index in [0.717, 1.165) is 82.4 Å². The number of halogens is 28. The summed E-state index contributed by atoms with van der Waals surface area (Å²) in [6.07, 6.45) is -3.39. The van der Waals surface area contributed by atoms with Crippen molar-refractivity contribution in [1.82, 2.24) is 0 Å². The van der Waals surface area contributed by atoms with Crippen LogP contribution in [0.1, 0.15) is 131 Å². The Kier molecular flexibility index (Phi) is 26.7. The zero-order valence-corrected chi connectivity index (χ0v) is 57.1. The first-order valence-electron chi connectivity index (χ1n) is 27.1. The highest BCUT2D eigenvalue weighted by atomic mass is 32.5. The van der Waals surface area contributed by atoms with Gasteiger partial charge in [-0.1, -0.05) is 136 Å². The third-order valence-electron chi connectivity index (χ3n) is 12.9. The van der Waals surface area contributed by atoms with E-state index >= 15 is 0 Å². The predicted octanol–water partition coefficient (Wildman–Crippen LogP) is 30.5. The van der Waals surface area contributed by atoms with Gasteiger partial charge in [0.25, 0.3) is 0 Å². The van der Waals surface area contributed by atoms with Gasteiger partial charge < -0.3 is 0 Å². The van der Waals surface area contributed by atoms with Gasteiger partial charge in [0.2, 0.25) is 0 Å². The zero-order valence-electron chi connectivity index (χ0n) is 50.5. The number of hydrogen-bond acceptors (Lipinski definition) is 4. The van der Waals surface area contributed by atoms with Gasteiger partial charge in [0.1, 0.15) is 38.1 Å². The fourth-order valence-corrected chi connectivity index (χ4v) is 18.8. The number of aryl methyl sites for hydroxylation is 4. The molecule has 4 unspecified atom stereocenters. The minimum Gasteiger partial charge on any atom is -0.248 e. The van der Waals surface area contributed by atoms with E-state index in [-0.39, 0.29) is 96.6 Å². The molecule has 0 aliphatic heterocycles. The maximum absolute atomic E-state index is 13.6. The van der Waals surface area contributed by atoms with Crippen molar-refractivity contribution in [3.05, 3.63) is 105 Å². The first kappa shape index (κ1) is 86.5. The molecule has 0 heterocycles. The van der Waals surface area contributed by atoms with Gasteiger partial charge in [-0.3, -0.25) is 0 Å². The summed E-state index contributed by atoms with van der Waals surface area (Å²) in [6, 6.07) is 8.39. The highest BCUT2D eigenvalue weighted by Gasteiger charge is 2.70. The lowest BCUT2D eigenvalue weighted by molar-refractivity contribution is -0.0329. The summed E-state index contributed by atoms with van der Waals surface area (Å²) in [4.78, 5) is -10.9. The van der Waals surface area contributed by atoms with E-state index in [1.54, 1.807) is 13.8 Å². The number of thioether (sulfide) groups is 4. The fourth-order valence-electron chi connectivity index (χ4n) is 8.48. The van der Waals surface area contributed by atoms with Crippen molar-refractivity contribution in [2.45, 2.75) is 210 Å². The van der Waals surface area contributed by atoms with Crippen LogP contribution < -0.4 is 0 Å². The van der Waals surface area contributed by atoms with Crippen molar-refractivity contribution in [3.8, 4) is 0 Å². The Bertz CT molecular complexity index is 3150. The maximum atomic E-state index is 13.6. The van der Waals surface area contributed by atoms with Crippen molar-refractivity contribution >= 4 is 87.9 Å². The highest BCUT2D eigenvalue weighted by Crippen LogP contribution is 3.05. The fraction of sp³-hybridized carbons (Fsp3) is 0.527. The summed E-state index contributed by atoms with van der Waals surface area (Å²) in [5.41, 5.74) is -8.07. The lowest BCUT2D eigenvalue weighted by Crippen LogP contribution is -2.14. The van der Waals surface area contributed by atoms with Crippen molar-refractivity contribution in [2.24, 2.45) is 0 Å². The second-order valence-electron chi connectivity index (χ2n) is 20.9. The lowest BCUT2D eigenvalue weighted by Gasteiger charge is -2.43. The molecule has 0 bridgehead atoms. The molecule has 4 aromatic carbocycles. The van der Waals surface area contributed by atoms with E-state index in [9.17, 15) is 113 Å². The van der Waals surface area contributed by atoms with E-state index in [0.29, 0.717) is 17.8 Å². The molecule has 91 heavy (non-hydrogen) atoms. The molecule has 0 saturated heterocycles. The summed E-state index contributed by atoms with van der Waals surface area (Å²) in [5, 5.41) is 0. The SMILES string of the molecule is CCC(F)CCc1ccc(CCCC(C)F)c(C)c1S(F)(F)(F)(F)F.CCC(F)CSc1ccc(SCC(F)CC)c(S(F)(F)(F)(F)F)c1C.CCSc1ccc(CC/C=C(/C)F)c(C)c1S(F)(F)(F)(F)F.Cc1ccc(SC(F)(F)F)c(S(F)(F)(F)(F)F)c1C. The Morgan fingerprint density at radius 3 is 1.24 bits per heavy atom. The summed E-state index contributed by atoms with van der Waals surface area (Å²) in [7, 11) is -39.9. The summed E-state index contributed by atoms with van der Waals surface area (Å²) >= 11 is 0.738. The van der Waals surface area contributed by atoms with Gasteiger partial charge >= 0.3 is 46.4 Å². The molecule has 0 spiro atoms. The summed E-state index contributed by atoms with van der Waals surface area (Å²) in [6.45, 7) is 13.6. The average Bonchev–Trinajstić information content (AvgIpc) is 0.740. The van der Waals surface area contributed by atoms with Gasteiger partial charge in [0, 0.05) is 31.1 Å². The number of allylic oxidation sites excluding steroid dienone is 2. The van der Waals surface area contributed by atoms with Crippen LogP contribution in [0.25, 0.3) is 0 Å². The summed E-state index contributed by atoms with van der Waals surface area (Å²) < 4.78 is 368. The topological polar surface area (TPSA) is 0 Å². The predicted molar refractivity (Wildman–Crippen MR) is 325 cm³/mol. The molecule has 0 nitrogen and oxygen atoms in total. The monoisotopic (exact) mass is 1520 g/mol. The molecule has 0 aliphatic rings. The molecule has 4 rings (SSSR count). The smallest absolute Gasteiger partial charge is 0.248 e. The van der Waals surface area contributed by atoms with Crippen LogP contribution in [0.5, 0.6) is 0 Å². The zero-order chi connectivity index (χ0) is 71.6. The van der Waals surface area contributed by atoms with E-state index < -0.39 is 157 Å². The highest BCUT2D eigenvalue weighted by molar-refractivity contribution is 8.47.